The van der Waals surface area contributed by atoms with Crippen LogP contribution in [0.25, 0.3) is 0 Å². The third-order valence-corrected chi connectivity index (χ3v) is 5.68. The number of sulfonamides is 1. The summed E-state index contributed by atoms with van der Waals surface area (Å²) < 4.78 is 28.0. The van der Waals surface area contributed by atoms with E-state index in [1.165, 1.54) is 30.3 Å². The van der Waals surface area contributed by atoms with E-state index in [2.05, 4.69) is 10.0 Å². The third-order valence-electron chi connectivity index (χ3n) is 4.16. The summed E-state index contributed by atoms with van der Waals surface area (Å²) in [4.78, 5) is 23.4. The van der Waals surface area contributed by atoms with E-state index in [4.69, 9.17) is 5.11 Å². The number of carbonyl (C=O) groups is 2. The van der Waals surface area contributed by atoms with Crippen LogP contribution in [0.5, 0.6) is 0 Å². The normalized spacial score (nSPS) is 10.9. The summed E-state index contributed by atoms with van der Waals surface area (Å²) in [5.41, 5.74) is 1.52. The Labute approximate surface area is 168 Å². The van der Waals surface area contributed by atoms with Crippen LogP contribution in [0.1, 0.15) is 26.3 Å². The second kappa shape index (κ2) is 8.15. The number of aryl methyl sites for hydroxylation is 1. The molecule has 0 radical (unpaired) electrons. The molecule has 0 aliphatic rings. The summed E-state index contributed by atoms with van der Waals surface area (Å²) in [6, 6.07) is 18.6. The Balaban J connectivity index is 1.86. The molecule has 3 aromatic rings. The number of hydrogen-bond acceptors (Lipinski definition) is 4. The Kier molecular flexibility index (Phi) is 5.65. The summed E-state index contributed by atoms with van der Waals surface area (Å²) >= 11 is 0. The van der Waals surface area contributed by atoms with Gasteiger partial charge in [-0.05, 0) is 61.0 Å². The number of benzene rings is 3. The van der Waals surface area contributed by atoms with Gasteiger partial charge in [0.1, 0.15) is 0 Å². The minimum absolute atomic E-state index is 0.0412. The van der Waals surface area contributed by atoms with Crippen LogP contribution < -0.4 is 10.0 Å². The summed E-state index contributed by atoms with van der Waals surface area (Å²) in [6.07, 6.45) is 0. The van der Waals surface area contributed by atoms with Crippen molar-refractivity contribution in [3.63, 3.8) is 0 Å². The minimum Gasteiger partial charge on any atom is -0.478 e. The SMILES string of the molecule is Cc1ccc(C(=O)Nc2ccccc2)cc1S(=O)(=O)Nc1ccc(C(=O)O)cc1. The predicted molar refractivity (Wildman–Crippen MR) is 110 cm³/mol. The van der Waals surface area contributed by atoms with E-state index in [0.29, 0.717) is 11.3 Å². The number of rotatable bonds is 6. The zero-order valence-electron chi connectivity index (χ0n) is 15.4. The fraction of sp³-hybridized carbons (Fsp3) is 0.0476. The van der Waals surface area contributed by atoms with Crippen LogP contribution in [0.2, 0.25) is 0 Å². The average molecular weight is 410 g/mol. The van der Waals surface area contributed by atoms with Gasteiger partial charge in [-0.2, -0.15) is 0 Å². The van der Waals surface area contributed by atoms with Crippen LogP contribution in [-0.2, 0) is 10.0 Å². The number of amides is 1. The Bertz CT molecular complexity index is 1160. The number of carboxylic acid groups (broad SMARTS) is 1. The summed E-state index contributed by atoms with van der Waals surface area (Å²) in [5, 5.41) is 11.6. The molecule has 1 amide bonds. The molecule has 0 fully saturated rings. The van der Waals surface area contributed by atoms with Crippen molar-refractivity contribution in [3.05, 3.63) is 89.5 Å². The van der Waals surface area contributed by atoms with Crippen LogP contribution in [-0.4, -0.2) is 25.4 Å². The van der Waals surface area contributed by atoms with Gasteiger partial charge in [0.05, 0.1) is 10.5 Å². The molecular weight excluding hydrogens is 392 g/mol. The van der Waals surface area contributed by atoms with Gasteiger partial charge in [0.15, 0.2) is 0 Å². The second-order valence-corrected chi connectivity index (χ2v) is 7.94. The highest BCUT2D eigenvalue weighted by molar-refractivity contribution is 7.92. The van der Waals surface area contributed by atoms with Gasteiger partial charge in [0.25, 0.3) is 15.9 Å². The molecule has 8 heteroatoms. The third kappa shape index (κ3) is 4.80. The number of nitrogens with one attached hydrogen (secondary N) is 2. The highest BCUT2D eigenvalue weighted by Crippen LogP contribution is 2.22. The van der Waals surface area contributed by atoms with Crippen molar-refractivity contribution in [2.75, 3.05) is 10.0 Å². The first-order valence-corrected chi connectivity index (χ1v) is 10.1. The van der Waals surface area contributed by atoms with Crippen LogP contribution in [0.3, 0.4) is 0 Å². The molecule has 3 N–H and O–H groups in total. The number of carbonyl (C=O) groups excluding carboxylic acids is 1. The van der Waals surface area contributed by atoms with Crippen molar-refractivity contribution in [2.24, 2.45) is 0 Å². The van der Waals surface area contributed by atoms with E-state index in [0.717, 1.165) is 0 Å². The Hall–Kier alpha value is -3.65. The molecule has 0 saturated carbocycles. The lowest BCUT2D eigenvalue weighted by molar-refractivity contribution is 0.0696. The maximum Gasteiger partial charge on any atom is 0.335 e. The molecule has 0 saturated heterocycles. The van der Waals surface area contributed by atoms with Gasteiger partial charge in [0.2, 0.25) is 0 Å². The van der Waals surface area contributed by atoms with Crippen LogP contribution >= 0.6 is 0 Å². The first kappa shape index (κ1) is 20.1. The van der Waals surface area contributed by atoms with Gasteiger partial charge >= 0.3 is 5.97 Å². The number of carboxylic acids is 1. The van der Waals surface area contributed by atoms with Gasteiger partial charge in [-0.25, -0.2) is 13.2 Å². The smallest absolute Gasteiger partial charge is 0.335 e. The first-order valence-electron chi connectivity index (χ1n) is 8.59. The number of hydrogen-bond donors (Lipinski definition) is 3. The maximum atomic E-state index is 12.8. The number of aromatic carboxylic acids is 1. The van der Waals surface area contributed by atoms with Crippen molar-refractivity contribution >= 4 is 33.3 Å². The van der Waals surface area contributed by atoms with E-state index in [9.17, 15) is 18.0 Å². The summed E-state index contributed by atoms with van der Waals surface area (Å²) in [5.74, 6) is -1.54. The van der Waals surface area contributed by atoms with Crippen molar-refractivity contribution in [1.82, 2.24) is 0 Å². The van der Waals surface area contributed by atoms with Gasteiger partial charge < -0.3 is 10.4 Å². The molecule has 148 valence electrons. The lowest BCUT2D eigenvalue weighted by atomic mass is 10.1. The van der Waals surface area contributed by atoms with Crippen LogP contribution in [0.15, 0.2) is 77.7 Å². The molecule has 0 spiro atoms. The lowest BCUT2D eigenvalue weighted by Gasteiger charge is -2.12. The Morgan fingerprint density at radius 3 is 2.07 bits per heavy atom. The van der Waals surface area contributed by atoms with Gasteiger partial charge in [-0.1, -0.05) is 24.3 Å². The molecule has 7 nitrogen and oxygen atoms in total. The second-order valence-electron chi connectivity index (χ2n) is 6.29. The fourth-order valence-corrected chi connectivity index (χ4v) is 3.98. The monoisotopic (exact) mass is 410 g/mol. The van der Waals surface area contributed by atoms with Crippen molar-refractivity contribution in [1.29, 1.82) is 0 Å². The zero-order valence-corrected chi connectivity index (χ0v) is 16.2. The summed E-state index contributed by atoms with van der Waals surface area (Å²) in [7, 11) is -3.98. The van der Waals surface area contributed by atoms with E-state index < -0.39 is 21.9 Å². The van der Waals surface area contributed by atoms with E-state index in [1.54, 1.807) is 43.3 Å². The average Bonchev–Trinajstić information content (AvgIpc) is 2.69. The maximum absolute atomic E-state index is 12.8. The Morgan fingerprint density at radius 1 is 0.828 bits per heavy atom. The molecule has 0 bridgehead atoms. The molecule has 0 unspecified atom stereocenters. The molecular formula is C21H18N2O5S. The van der Waals surface area contributed by atoms with Gasteiger partial charge in [0, 0.05) is 16.9 Å². The molecule has 3 rings (SSSR count). The standard InChI is InChI=1S/C21H18N2O5S/c1-14-7-8-16(20(24)22-17-5-3-2-4-6-17)13-19(14)29(27,28)23-18-11-9-15(10-12-18)21(25)26/h2-13,23H,1H3,(H,22,24)(H,25,26). The zero-order chi connectivity index (χ0) is 21.0. The molecule has 0 aliphatic heterocycles. The quantitative estimate of drug-likeness (QED) is 0.573. The van der Waals surface area contributed by atoms with E-state index in [-0.39, 0.29) is 21.7 Å². The molecule has 0 atom stereocenters. The Morgan fingerprint density at radius 2 is 1.45 bits per heavy atom. The van der Waals surface area contributed by atoms with Gasteiger partial charge in [-0.3, -0.25) is 9.52 Å². The van der Waals surface area contributed by atoms with Gasteiger partial charge in [-0.15, -0.1) is 0 Å². The number of para-hydroxylation sites is 1. The molecule has 0 heterocycles. The molecule has 0 aliphatic carbocycles. The van der Waals surface area contributed by atoms with Crippen molar-refractivity contribution in [3.8, 4) is 0 Å². The lowest BCUT2D eigenvalue weighted by Crippen LogP contribution is -2.17. The molecule has 0 aromatic heterocycles. The van der Waals surface area contributed by atoms with Crippen molar-refractivity contribution < 1.29 is 23.1 Å². The van der Waals surface area contributed by atoms with E-state index >= 15 is 0 Å². The van der Waals surface area contributed by atoms with Crippen LogP contribution in [0.4, 0.5) is 11.4 Å². The van der Waals surface area contributed by atoms with Crippen molar-refractivity contribution in [2.45, 2.75) is 11.8 Å². The number of anilines is 2. The first-order chi connectivity index (χ1) is 13.8. The minimum atomic E-state index is -3.98. The highest BCUT2D eigenvalue weighted by atomic mass is 32.2. The molecule has 3 aromatic carbocycles. The fourth-order valence-electron chi connectivity index (χ4n) is 2.65. The largest absolute Gasteiger partial charge is 0.478 e. The summed E-state index contributed by atoms with van der Waals surface area (Å²) in [6.45, 7) is 1.63. The topological polar surface area (TPSA) is 113 Å². The predicted octanol–water partition coefficient (Wildman–Crippen LogP) is 3.75. The van der Waals surface area contributed by atoms with Crippen LogP contribution in [0, 0.1) is 6.92 Å². The van der Waals surface area contributed by atoms with E-state index in [1.807, 2.05) is 6.07 Å². The highest BCUT2D eigenvalue weighted by Gasteiger charge is 2.20. The molecule has 29 heavy (non-hydrogen) atoms.